The summed E-state index contributed by atoms with van der Waals surface area (Å²) in [7, 11) is 3.53. The van der Waals surface area contributed by atoms with Gasteiger partial charge in [0.2, 0.25) is 0 Å². The number of alkyl halides is 3. The van der Waals surface area contributed by atoms with E-state index in [1.54, 1.807) is 31.1 Å². The zero-order valence-electron chi connectivity index (χ0n) is 16.3. The van der Waals surface area contributed by atoms with Gasteiger partial charge in [-0.3, -0.25) is 0 Å². The summed E-state index contributed by atoms with van der Waals surface area (Å²) < 4.78 is 44.3. The van der Waals surface area contributed by atoms with Crippen molar-refractivity contribution in [3.8, 4) is 11.5 Å². The Balaban J connectivity index is 0.000000512. The summed E-state index contributed by atoms with van der Waals surface area (Å²) in [6.07, 6.45) is -3.28. The maximum Gasteiger partial charge on any atom is 0.416 e. The lowest BCUT2D eigenvalue weighted by atomic mass is 10.1. The summed E-state index contributed by atoms with van der Waals surface area (Å²) in [5, 5.41) is 16.3. The molecule has 0 aliphatic rings. The van der Waals surface area contributed by atoms with Gasteiger partial charge in [-0.2, -0.15) is 13.2 Å². The maximum absolute atomic E-state index is 12.9. The number of halogens is 5. The quantitative estimate of drug-likeness (QED) is 0.526. The van der Waals surface area contributed by atoms with Crippen LogP contribution in [0, 0.1) is 0 Å². The van der Waals surface area contributed by atoms with Crippen LogP contribution in [0.1, 0.15) is 11.1 Å². The Labute approximate surface area is 186 Å². The van der Waals surface area contributed by atoms with Crippen LogP contribution in [0.4, 0.5) is 13.2 Å². The second-order valence-electron chi connectivity index (χ2n) is 6.25. The van der Waals surface area contributed by atoms with Crippen molar-refractivity contribution >= 4 is 35.1 Å². The highest BCUT2D eigenvalue weighted by molar-refractivity contribution is 6.42. The lowest BCUT2D eigenvalue weighted by molar-refractivity contribution is -0.137. The molecule has 2 aromatic rings. The van der Waals surface area contributed by atoms with E-state index in [0.29, 0.717) is 45.8 Å². The predicted octanol–water partition coefficient (Wildman–Crippen LogP) is 5.58. The second-order valence-corrected chi connectivity index (χ2v) is 7.06. The Kier molecular flexibility index (Phi) is 9.83. The molecule has 2 N–H and O–H groups in total. The summed E-state index contributed by atoms with van der Waals surface area (Å²) in [5.41, 5.74) is -0.285. The largest absolute Gasteiger partial charge is 0.478 e. The first-order valence-corrected chi connectivity index (χ1v) is 9.17. The molecular formula is C20H18Cl2F3NO5. The lowest BCUT2D eigenvalue weighted by Crippen LogP contribution is -2.13. The number of aliphatic carboxylic acids is 2. The van der Waals surface area contributed by atoms with E-state index in [9.17, 15) is 22.8 Å². The normalized spacial score (nSPS) is 11.2. The van der Waals surface area contributed by atoms with Gasteiger partial charge in [0, 0.05) is 30.3 Å². The Bertz CT molecular complexity index is 946. The highest BCUT2D eigenvalue weighted by Gasteiger charge is 2.31. The molecule has 2 aromatic carbocycles. The van der Waals surface area contributed by atoms with Crippen molar-refractivity contribution in [1.82, 2.24) is 4.90 Å². The van der Waals surface area contributed by atoms with E-state index in [2.05, 4.69) is 0 Å². The molecule has 0 aliphatic heterocycles. The van der Waals surface area contributed by atoms with E-state index in [0.717, 1.165) is 12.1 Å². The number of nitrogens with zero attached hydrogens (tertiary/aromatic N) is 1. The predicted molar refractivity (Wildman–Crippen MR) is 110 cm³/mol. The molecule has 0 spiro atoms. The van der Waals surface area contributed by atoms with Gasteiger partial charge in [-0.1, -0.05) is 23.2 Å². The van der Waals surface area contributed by atoms with Crippen molar-refractivity contribution in [2.75, 3.05) is 14.1 Å². The average molecular weight is 480 g/mol. The molecule has 0 atom stereocenters. The number of carboxylic acid groups (broad SMARTS) is 2. The van der Waals surface area contributed by atoms with Gasteiger partial charge in [-0.05, 0) is 44.4 Å². The van der Waals surface area contributed by atoms with Crippen molar-refractivity contribution in [3.63, 3.8) is 0 Å². The Morgan fingerprint density at radius 2 is 1.58 bits per heavy atom. The van der Waals surface area contributed by atoms with Crippen molar-refractivity contribution in [1.29, 1.82) is 0 Å². The fourth-order valence-electron chi connectivity index (χ4n) is 2.13. The van der Waals surface area contributed by atoms with Crippen molar-refractivity contribution in [2.45, 2.75) is 12.7 Å². The fraction of sp³-hybridized carbons (Fsp3) is 0.200. The van der Waals surface area contributed by atoms with E-state index in [-0.39, 0.29) is 0 Å². The topological polar surface area (TPSA) is 87.1 Å². The molecule has 0 bridgehead atoms. The first-order chi connectivity index (χ1) is 14.3. The molecule has 0 unspecified atom stereocenters. The number of benzene rings is 2. The van der Waals surface area contributed by atoms with Crippen molar-refractivity contribution in [3.05, 3.63) is 69.7 Å². The highest BCUT2D eigenvalue weighted by Crippen LogP contribution is 2.35. The minimum atomic E-state index is -4.40. The van der Waals surface area contributed by atoms with Crippen molar-refractivity contribution in [2.24, 2.45) is 0 Å². The molecule has 0 amide bonds. The summed E-state index contributed by atoms with van der Waals surface area (Å²) in [5.74, 6) is -1.77. The number of hydrogen-bond donors (Lipinski definition) is 2. The van der Waals surface area contributed by atoms with E-state index in [4.69, 9.17) is 38.2 Å². The van der Waals surface area contributed by atoms with Gasteiger partial charge in [-0.15, -0.1) is 0 Å². The molecule has 0 saturated carbocycles. The Morgan fingerprint density at radius 3 is 2.03 bits per heavy atom. The molecule has 11 heteroatoms. The third-order valence-corrected chi connectivity index (χ3v) is 4.10. The minimum absolute atomic E-state index is 0.306. The van der Waals surface area contributed by atoms with E-state index < -0.39 is 23.7 Å². The molecular weight excluding hydrogens is 462 g/mol. The third-order valence-electron chi connectivity index (χ3n) is 3.36. The highest BCUT2D eigenvalue weighted by atomic mass is 35.5. The summed E-state index contributed by atoms with van der Waals surface area (Å²) in [4.78, 5) is 20.9. The van der Waals surface area contributed by atoms with Crippen LogP contribution in [0.25, 0.3) is 0 Å². The van der Waals surface area contributed by atoms with Crippen LogP contribution in [-0.4, -0.2) is 41.1 Å². The van der Waals surface area contributed by atoms with Crippen molar-refractivity contribution < 1.29 is 37.7 Å². The van der Waals surface area contributed by atoms with E-state index in [1.807, 2.05) is 0 Å². The second kappa shape index (κ2) is 11.6. The van der Waals surface area contributed by atoms with Crippen LogP contribution in [-0.2, 0) is 22.3 Å². The third kappa shape index (κ3) is 9.73. The standard InChI is InChI=1S/C16H14Cl2F3NO.C4H4O4/c1-22(2)9-10-7-11(16(19,20)21)3-6-15(10)23-12-4-5-13(17)14(18)8-12;5-3(6)1-2-4(7)8/h3-8H,9H2,1-2H3;1-2H,(H,5,6)(H,7,8). The number of rotatable bonds is 6. The summed E-state index contributed by atoms with van der Waals surface area (Å²) in [6, 6.07) is 8.07. The molecule has 0 radical (unpaired) electrons. The Morgan fingerprint density at radius 1 is 1.00 bits per heavy atom. The first kappa shape index (κ1) is 26.3. The van der Waals surface area contributed by atoms with Gasteiger partial charge in [0.15, 0.2) is 0 Å². The van der Waals surface area contributed by atoms with Gasteiger partial charge in [-0.25, -0.2) is 9.59 Å². The average Bonchev–Trinajstić information content (AvgIpc) is 2.63. The minimum Gasteiger partial charge on any atom is -0.478 e. The lowest BCUT2D eigenvalue weighted by Gasteiger charge is -2.17. The van der Waals surface area contributed by atoms with E-state index in [1.165, 1.54) is 12.1 Å². The summed E-state index contributed by atoms with van der Waals surface area (Å²) in [6.45, 7) is 0.306. The molecule has 168 valence electrons. The van der Waals surface area contributed by atoms with Crippen LogP contribution < -0.4 is 4.74 Å². The van der Waals surface area contributed by atoms with E-state index >= 15 is 0 Å². The van der Waals surface area contributed by atoms with Gasteiger partial charge >= 0.3 is 18.1 Å². The molecule has 31 heavy (non-hydrogen) atoms. The molecule has 0 aliphatic carbocycles. The zero-order valence-corrected chi connectivity index (χ0v) is 17.8. The van der Waals surface area contributed by atoms with Crippen LogP contribution in [0.3, 0.4) is 0 Å². The zero-order chi connectivity index (χ0) is 23.8. The number of ether oxygens (including phenoxy) is 1. The number of carboxylic acids is 2. The van der Waals surface area contributed by atoms with Gasteiger partial charge in [0.1, 0.15) is 11.5 Å². The van der Waals surface area contributed by atoms with Crippen LogP contribution in [0.15, 0.2) is 48.6 Å². The van der Waals surface area contributed by atoms with Gasteiger partial charge < -0.3 is 19.8 Å². The van der Waals surface area contributed by atoms with Crippen LogP contribution in [0.5, 0.6) is 11.5 Å². The fourth-order valence-corrected chi connectivity index (χ4v) is 2.42. The number of hydrogen-bond acceptors (Lipinski definition) is 4. The first-order valence-electron chi connectivity index (χ1n) is 8.41. The number of carbonyl (C=O) groups is 2. The Hall–Kier alpha value is -2.75. The van der Waals surface area contributed by atoms with Crippen LogP contribution >= 0.6 is 23.2 Å². The summed E-state index contributed by atoms with van der Waals surface area (Å²) >= 11 is 11.8. The monoisotopic (exact) mass is 479 g/mol. The maximum atomic E-state index is 12.9. The molecule has 0 fully saturated rings. The molecule has 0 aromatic heterocycles. The smallest absolute Gasteiger partial charge is 0.416 e. The molecule has 0 saturated heterocycles. The SMILES string of the molecule is CN(C)Cc1cc(C(F)(F)F)ccc1Oc1ccc(Cl)c(Cl)c1.O=C(O)C=CC(=O)O. The molecule has 6 nitrogen and oxygen atoms in total. The van der Waals surface area contributed by atoms with Crippen LogP contribution in [0.2, 0.25) is 10.0 Å². The van der Waals surface area contributed by atoms with Gasteiger partial charge in [0.25, 0.3) is 0 Å². The van der Waals surface area contributed by atoms with Gasteiger partial charge in [0.05, 0.1) is 15.6 Å². The molecule has 2 rings (SSSR count). The molecule has 0 heterocycles.